The highest BCUT2D eigenvalue weighted by Crippen LogP contribution is 2.25. The van der Waals surface area contributed by atoms with Crippen molar-refractivity contribution in [3.8, 4) is 5.75 Å². The molecule has 1 heterocycles. The molecule has 1 aromatic carbocycles. The third-order valence-corrected chi connectivity index (χ3v) is 2.56. The Labute approximate surface area is 89.5 Å². The van der Waals surface area contributed by atoms with Crippen molar-refractivity contribution in [2.45, 2.75) is 6.54 Å². The first-order chi connectivity index (χ1) is 7.18. The average molecular weight is 204 g/mol. The number of hydrogen-bond donors (Lipinski definition) is 1. The van der Waals surface area contributed by atoms with Crippen LogP contribution >= 0.6 is 0 Å². The van der Waals surface area contributed by atoms with E-state index in [4.69, 9.17) is 0 Å². The Balaban J connectivity index is 2.35. The lowest BCUT2D eigenvalue weighted by Gasteiger charge is -2.11. The topological polar surface area (TPSA) is 28.4 Å². The molecule has 0 unspecified atom stereocenters. The van der Waals surface area contributed by atoms with Gasteiger partial charge in [0, 0.05) is 24.7 Å². The largest absolute Gasteiger partial charge is 0.506 e. The van der Waals surface area contributed by atoms with Crippen molar-refractivity contribution in [2.75, 3.05) is 20.6 Å². The van der Waals surface area contributed by atoms with Gasteiger partial charge in [-0.2, -0.15) is 0 Å². The molecular weight excluding hydrogens is 188 g/mol. The number of benzene rings is 1. The number of hydrogen-bond acceptors (Lipinski definition) is 2. The van der Waals surface area contributed by atoms with E-state index >= 15 is 0 Å². The quantitative estimate of drug-likeness (QED) is 0.827. The summed E-state index contributed by atoms with van der Waals surface area (Å²) in [5.41, 5.74) is 0.930. The summed E-state index contributed by atoms with van der Waals surface area (Å²) < 4.78 is 2.09. The van der Waals surface area contributed by atoms with E-state index in [2.05, 4.69) is 9.47 Å². The highest BCUT2D eigenvalue weighted by molar-refractivity contribution is 5.85. The molecule has 0 saturated carbocycles. The van der Waals surface area contributed by atoms with Crippen molar-refractivity contribution in [1.29, 1.82) is 0 Å². The smallest absolute Gasteiger partial charge is 0.139 e. The molecule has 0 bridgehead atoms. The maximum atomic E-state index is 9.77. The summed E-state index contributed by atoms with van der Waals surface area (Å²) in [5.74, 6) is 0.358. The van der Waals surface area contributed by atoms with E-state index in [-0.39, 0.29) is 0 Å². The molecule has 0 amide bonds. The van der Waals surface area contributed by atoms with E-state index in [1.165, 1.54) is 0 Å². The van der Waals surface area contributed by atoms with Crippen molar-refractivity contribution >= 4 is 10.9 Å². The lowest BCUT2D eigenvalue weighted by molar-refractivity contribution is 0.385. The van der Waals surface area contributed by atoms with E-state index in [1.807, 2.05) is 38.5 Å². The Morgan fingerprint density at radius 3 is 2.80 bits per heavy atom. The molecular formula is C12H16N2O. The number of aromatic nitrogens is 1. The van der Waals surface area contributed by atoms with Crippen LogP contribution in [-0.4, -0.2) is 35.2 Å². The number of nitrogens with zero attached hydrogens (tertiary/aromatic N) is 2. The van der Waals surface area contributed by atoms with Crippen LogP contribution in [0.15, 0.2) is 30.5 Å². The monoisotopic (exact) mass is 204 g/mol. The molecule has 0 aliphatic heterocycles. The SMILES string of the molecule is CN(C)CCn1ccc2cccc(O)c21. The number of para-hydroxylation sites is 1. The summed E-state index contributed by atoms with van der Waals surface area (Å²) in [6, 6.07) is 7.65. The highest BCUT2D eigenvalue weighted by atomic mass is 16.3. The van der Waals surface area contributed by atoms with Gasteiger partial charge in [0.1, 0.15) is 5.75 Å². The summed E-state index contributed by atoms with van der Waals surface area (Å²) in [6.07, 6.45) is 2.02. The minimum atomic E-state index is 0.358. The lowest BCUT2D eigenvalue weighted by Crippen LogP contribution is -2.17. The molecule has 1 N–H and O–H groups in total. The fourth-order valence-electron chi connectivity index (χ4n) is 1.74. The molecule has 0 aliphatic carbocycles. The molecule has 0 aliphatic rings. The van der Waals surface area contributed by atoms with Gasteiger partial charge in [-0.25, -0.2) is 0 Å². The van der Waals surface area contributed by atoms with E-state index in [9.17, 15) is 5.11 Å². The fourth-order valence-corrected chi connectivity index (χ4v) is 1.74. The van der Waals surface area contributed by atoms with Crippen molar-refractivity contribution in [2.24, 2.45) is 0 Å². The van der Waals surface area contributed by atoms with Crippen LogP contribution in [0.4, 0.5) is 0 Å². The van der Waals surface area contributed by atoms with Gasteiger partial charge in [-0.15, -0.1) is 0 Å². The molecule has 0 saturated heterocycles. The van der Waals surface area contributed by atoms with Crippen molar-refractivity contribution in [3.63, 3.8) is 0 Å². The van der Waals surface area contributed by atoms with Crippen LogP contribution in [0.2, 0.25) is 0 Å². The first kappa shape index (κ1) is 10.1. The Morgan fingerprint density at radius 1 is 1.27 bits per heavy atom. The second-order valence-corrected chi connectivity index (χ2v) is 4.03. The Hall–Kier alpha value is -1.48. The van der Waals surface area contributed by atoms with Gasteiger partial charge >= 0.3 is 0 Å². The number of likely N-dealkylation sites (N-methyl/N-ethyl adjacent to an activating group) is 1. The van der Waals surface area contributed by atoms with Gasteiger partial charge in [0.25, 0.3) is 0 Å². The van der Waals surface area contributed by atoms with Crippen LogP contribution in [0.25, 0.3) is 10.9 Å². The van der Waals surface area contributed by atoms with E-state index in [0.717, 1.165) is 24.0 Å². The molecule has 0 spiro atoms. The van der Waals surface area contributed by atoms with E-state index in [0.29, 0.717) is 5.75 Å². The van der Waals surface area contributed by atoms with Crippen LogP contribution in [0, 0.1) is 0 Å². The Morgan fingerprint density at radius 2 is 2.07 bits per heavy atom. The van der Waals surface area contributed by atoms with Gasteiger partial charge in [-0.05, 0) is 26.2 Å². The standard InChI is InChI=1S/C12H16N2O/c1-13(2)8-9-14-7-6-10-4-3-5-11(15)12(10)14/h3-7,15H,8-9H2,1-2H3. The maximum absolute atomic E-state index is 9.77. The second kappa shape index (κ2) is 3.95. The average Bonchev–Trinajstić information content (AvgIpc) is 2.59. The second-order valence-electron chi connectivity index (χ2n) is 4.03. The molecule has 1 aromatic heterocycles. The van der Waals surface area contributed by atoms with Crippen LogP contribution in [0.5, 0.6) is 5.75 Å². The zero-order valence-corrected chi connectivity index (χ0v) is 9.14. The van der Waals surface area contributed by atoms with Crippen molar-refractivity contribution < 1.29 is 5.11 Å². The molecule has 2 aromatic rings. The number of rotatable bonds is 3. The summed E-state index contributed by atoms with van der Waals surface area (Å²) in [4.78, 5) is 2.13. The summed E-state index contributed by atoms with van der Waals surface area (Å²) in [6.45, 7) is 1.87. The van der Waals surface area contributed by atoms with Gasteiger partial charge < -0.3 is 14.6 Å². The lowest BCUT2D eigenvalue weighted by atomic mass is 10.2. The van der Waals surface area contributed by atoms with Gasteiger partial charge in [-0.1, -0.05) is 12.1 Å². The zero-order valence-electron chi connectivity index (χ0n) is 9.14. The molecule has 0 fully saturated rings. The number of fused-ring (bicyclic) bond motifs is 1. The predicted octanol–water partition coefficient (Wildman–Crippen LogP) is 1.91. The van der Waals surface area contributed by atoms with Gasteiger partial charge in [0.05, 0.1) is 5.52 Å². The zero-order chi connectivity index (χ0) is 10.8. The third kappa shape index (κ3) is 1.97. The predicted molar refractivity (Wildman–Crippen MR) is 62.2 cm³/mol. The van der Waals surface area contributed by atoms with Crippen LogP contribution in [0.1, 0.15) is 0 Å². The number of phenolic OH excluding ortho intramolecular Hbond substituents is 1. The van der Waals surface area contributed by atoms with E-state index < -0.39 is 0 Å². The van der Waals surface area contributed by atoms with Crippen molar-refractivity contribution in [1.82, 2.24) is 9.47 Å². The summed E-state index contributed by atoms with van der Waals surface area (Å²) in [5, 5.41) is 10.9. The summed E-state index contributed by atoms with van der Waals surface area (Å²) >= 11 is 0. The molecule has 0 radical (unpaired) electrons. The Kier molecular flexibility index (Phi) is 2.64. The van der Waals surface area contributed by atoms with Gasteiger partial charge in [0.2, 0.25) is 0 Å². The molecule has 3 nitrogen and oxygen atoms in total. The number of aromatic hydroxyl groups is 1. The normalized spacial score (nSPS) is 11.4. The minimum Gasteiger partial charge on any atom is -0.506 e. The maximum Gasteiger partial charge on any atom is 0.139 e. The minimum absolute atomic E-state index is 0.358. The summed E-state index contributed by atoms with van der Waals surface area (Å²) in [7, 11) is 4.09. The molecule has 3 heteroatoms. The highest BCUT2D eigenvalue weighted by Gasteiger charge is 2.04. The first-order valence-corrected chi connectivity index (χ1v) is 5.10. The molecule has 80 valence electrons. The molecule has 0 atom stereocenters. The third-order valence-electron chi connectivity index (χ3n) is 2.56. The first-order valence-electron chi connectivity index (χ1n) is 5.10. The number of phenols is 1. The molecule has 2 rings (SSSR count). The molecule has 15 heavy (non-hydrogen) atoms. The van der Waals surface area contributed by atoms with Crippen molar-refractivity contribution in [3.05, 3.63) is 30.5 Å². The Bertz CT molecular complexity index is 460. The van der Waals surface area contributed by atoms with Crippen LogP contribution < -0.4 is 0 Å². The van der Waals surface area contributed by atoms with Gasteiger partial charge in [0.15, 0.2) is 0 Å². The van der Waals surface area contributed by atoms with Crippen LogP contribution in [-0.2, 0) is 6.54 Å². The van der Waals surface area contributed by atoms with Gasteiger partial charge in [-0.3, -0.25) is 0 Å². The van der Waals surface area contributed by atoms with E-state index in [1.54, 1.807) is 6.07 Å². The fraction of sp³-hybridized carbons (Fsp3) is 0.333. The van der Waals surface area contributed by atoms with Crippen LogP contribution in [0.3, 0.4) is 0 Å².